The predicted octanol–water partition coefficient (Wildman–Crippen LogP) is 2.39. The van der Waals surface area contributed by atoms with Gasteiger partial charge in [0.1, 0.15) is 5.75 Å². The number of fused-ring (bicyclic) bond motifs is 1. The zero-order valence-corrected chi connectivity index (χ0v) is 10.1. The molecule has 4 nitrogen and oxygen atoms in total. The molecular weight excluding hydrogens is 232 g/mol. The summed E-state index contributed by atoms with van der Waals surface area (Å²) in [6.07, 6.45) is 2.21. The Hall–Kier alpha value is -1.55. The molecule has 18 heavy (non-hydrogen) atoms. The number of ether oxygens (including phenoxy) is 1. The number of benzene rings is 1. The highest BCUT2D eigenvalue weighted by Gasteiger charge is 2.37. The molecule has 1 atom stereocenters. The SMILES string of the molecule is O=C(O)CC(c1c(O)ccc2c1COC2)C1CC1. The van der Waals surface area contributed by atoms with Gasteiger partial charge in [0.05, 0.1) is 19.6 Å². The van der Waals surface area contributed by atoms with Crippen molar-refractivity contribution >= 4 is 5.97 Å². The van der Waals surface area contributed by atoms with Crippen molar-refractivity contribution in [3.63, 3.8) is 0 Å². The molecule has 2 aliphatic rings. The second kappa shape index (κ2) is 4.28. The van der Waals surface area contributed by atoms with Crippen LogP contribution in [0.5, 0.6) is 5.75 Å². The number of phenolic OH excluding ortho intramolecular Hbond substituents is 1. The standard InChI is InChI=1S/C14H16O4/c15-12-4-3-9-6-18-7-11(9)14(12)10(5-13(16)17)8-1-2-8/h3-4,8,10,15H,1-2,5-7H2,(H,16,17). The van der Waals surface area contributed by atoms with E-state index in [1.165, 1.54) is 0 Å². The zero-order valence-electron chi connectivity index (χ0n) is 10.1. The van der Waals surface area contributed by atoms with E-state index in [1.54, 1.807) is 6.07 Å². The molecule has 1 fully saturated rings. The van der Waals surface area contributed by atoms with E-state index < -0.39 is 5.97 Å². The first kappa shape index (κ1) is 11.5. The number of hydrogen-bond donors (Lipinski definition) is 2. The Morgan fingerprint density at radius 1 is 1.39 bits per heavy atom. The van der Waals surface area contributed by atoms with Gasteiger partial charge in [-0.05, 0) is 36.0 Å². The van der Waals surface area contributed by atoms with Gasteiger partial charge in [-0.15, -0.1) is 0 Å². The summed E-state index contributed by atoms with van der Waals surface area (Å²) in [6, 6.07) is 3.53. The average molecular weight is 248 g/mol. The normalized spacial score (nSPS) is 19.6. The highest BCUT2D eigenvalue weighted by molar-refractivity contribution is 5.69. The lowest BCUT2D eigenvalue weighted by molar-refractivity contribution is -0.137. The smallest absolute Gasteiger partial charge is 0.303 e. The maximum atomic E-state index is 11.0. The van der Waals surface area contributed by atoms with E-state index in [0.29, 0.717) is 19.1 Å². The fraction of sp³-hybridized carbons (Fsp3) is 0.500. The third-order valence-electron chi connectivity index (χ3n) is 3.89. The number of carboxylic acid groups (broad SMARTS) is 1. The van der Waals surface area contributed by atoms with E-state index in [0.717, 1.165) is 29.5 Å². The van der Waals surface area contributed by atoms with Crippen molar-refractivity contribution in [1.82, 2.24) is 0 Å². The van der Waals surface area contributed by atoms with Crippen molar-refractivity contribution in [3.05, 3.63) is 28.8 Å². The highest BCUT2D eigenvalue weighted by atomic mass is 16.5. The molecule has 2 N–H and O–H groups in total. The summed E-state index contributed by atoms with van der Waals surface area (Å²) in [5.41, 5.74) is 2.90. The first-order valence-corrected chi connectivity index (χ1v) is 6.30. The third-order valence-corrected chi connectivity index (χ3v) is 3.89. The lowest BCUT2D eigenvalue weighted by Crippen LogP contribution is -2.11. The number of hydrogen-bond acceptors (Lipinski definition) is 3. The molecule has 4 heteroatoms. The van der Waals surface area contributed by atoms with Crippen LogP contribution in [0.1, 0.15) is 41.9 Å². The fourth-order valence-corrected chi connectivity index (χ4v) is 2.87. The molecule has 0 radical (unpaired) electrons. The highest BCUT2D eigenvalue weighted by Crippen LogP contribution is 2.49. The average Bonchev–Trinajstić information content (AvgIpc) is 3.05. The van der Waals surface area contributed by atoms with Gasteiger partial charge in [0.25, 0.3) is 0 Å². The second-order valence-electron chi connectivity index (χ2n) is 5.17. The summed E-state index contributed by atoms with van der Waals surface area (Å²) in [7, 11) is 0. The van der Waals surface area contributed by atoms with Crippen molar-refractivity contribution < 1.29 is 19.7 Å². The number of aliphatic carboxylic acids is 1. The van der Waals surface area contributed by atoms with Crippen LogP contribution in [0.15, 0.2) is 12.1 Å². The maximum absolute atomic E-state index is 11.0. The largest absolute Gasteiger partial charge is 0.508 e. The van der Waals surface area contributed by atoms with Gasteiger partial charge in [-0.1, -0.05) is 6.07 Å². The molecule has 0 aromatic heterocycles. The van der Waals surface area contributed by atoms with Crippen molar-refractivity contribution in [2.24, 2.45) is 5.92 Å². The Bertz CT molecular complexity index is 491. The van der Waals surface area contributed by atoms with Crippen LogP contribution in [0.4, 0.5) is 0 Å². The molecule has 96 valence electrons. The Labute approximate surface area is 105 Å². The summed E-state index contributed by atoms with van der Waals surface area (Å²) >= 11 is 0. The molecule has 1 heterocycles. The van der Waals surface area contributed by atoms with Crippen molar-refractivity contribution in [2.45, 2.75) is 38.4 Å². The van der Waals surface area contributed by atoms with Crippen LogP contribution < -0.4 is 0 Å². The molecule has 1 saturated carbocycles. The zero-order chi connectivity index (χ0) is 12.7. The van der Waals surface area contributed by atoms with Gasteiger partial charge in [0, 0.05) is 11.5 Å². The van der Waals surface area contributed by atoms with Gasteiger partial charge in [-0.2, -0.15) is 0 Å². The molecule has 0 amide bonds. The van der Waals surface area contributed by atoms with Crippen LogP contribution in [0.2, 0.25) is 0 Å². The van der Waals surface area contributed by atoms with Gasteiger partial charge in [0.15, 0.2) is 0 Å². The maximum Gasteiger partial charge on any atom is 0.303 e. The van der Waals surface area contributed by atoms with Gasteiger partial charge >= 0.3 is 5.97 Å². The van der Waals surface area contributed by atoms with Crippen LogP contribution in [0.25, 0.3) is 0 Å². The summed E-state index contributed by atoms with van der Waals surface area (Å²) in [5, 5.41) is 19.1. The molecule has 1 aromatic rings. The first-order valence-electron chi connectivity index (χ1n) is 6.30. The molecule has 0 saturated heterocycles. The second-order valence-corrected chi connectivity index (χ2v) is 5.17. The first-order chi connectivity index (χ1) is 8.66. The summed E-state index contributed by atoms with van der Waals surface area (Å²) < 4.78 is 5.41. The summed E-state index contributed by atoms with van der Waals surface area (Å²) in [4.78, 5) is 11.0. The molecule has 1 aliphatic carbocycles. The summed E-state index contributed by atoms with van der Waals surface area (Å²) in [6.45, 7) is 1.05. The van der Waals surface area contributed by atoms with Crippen LogP contribution in [-0.2, 0) is 22.7 Å². The quantitative estimate of drug-likeness (QED) is 0.858. The molecular formula is C14H16O4. The van der Waals surface area contributed by atoms with E-state index in [-0.39, 0.29) is 18.1 Å². The van der Waals surface area contributed by atoms with E-state index in [1.807, 2.05) is 6.07 Å². The molecule has 0 bridgehead atoms. The van der Waals surface area contributed by atoms with E-state index in [2.05, 4.69) is 0 Å². The number of aromatic hydroxyl groups is 1. The van der Waals surface area contributed by atoms with Crippen LogP contribution in [0, 0.1) is 5.92 Å². The Kier molecular flexibility index (Phi) is 2.74. The van der Waals surface area contributed by atoms with E-state index >= 15 is 0 Å². The fourth-order valence-electron chi connectivity index (χ4n) is 2.87. The van der Waals surface area contributed by atoms with Crippen molar-refractivity contribution in [1.29, 1.82) is 0 Å². The molecule has 1 aliphatic heterocycles. The van der Waals surface area contributed by atoms with E-state index in [4.69, 9.17) is 9.84 Å². The monoisotopic (exact) mass is 248 g/mol. The predicted molar refractivity (Wildman–Crippen MR) is 64.3 cm³/mol. The lowest BCUT2D eigenvalue weighted by Gasteiger charge is -2.19. The Morgan fingerprint density at radius 3 is 2.83 bits per heavy atom. The Morgan fingerprint density at radius 2 is 2.17 bits per heavy atom. The lowest BCUT2D eigenvalue weighted by atomic mass is 9.85. The topological polar surface area (TPSA) is 66.8 Å². The van der Waals surface area contributed by atoms with Crippen molar-refractivity contribution in [2.75, 3.05) is 0 Å². The van der Waals surface area contributed by atoms with Crippen LogP contribution in [0.3, 0.4) is 0 Å². The van der Waals surface area contributed by atoms with Gasteiger partial charge in [0.2, 0.25) is 0 Å². The van der Waals surface area contributed by atoms with Crippen LogP contribution in [-0.4, -0.2) is 16.2 Å². The van der Waals surface area contributed by atoms with Gasteiger partial charge in [-0.25, -0.2) is 0 Å². The van der Waals surface area contributed by atoms with Gasteiger partial charge < -0.3 is 14.9 Å². The molecule has 3 rings (SSSR count). The molecule has 1 aromatic carbocycles. The molecule has 0 spiro atoms. The van der Waals surface area contributed by atoms with Gasteiger partial charge in [-0.3, -0.25) is 4.79 Å². The minimum atomic E-state index is -0.803. The minimum absolute atomic E-state index is 0.0702. The number of phenols is 1. The van der Waals surface area contributed by atoms with Crippen molar-refractivity contribution in [3.8, 4) is 5.75 Å². The summed E-state index contributed by atoms with van der Waals surface area (Å²) in [5.74, 6) is -0.251. The minimum Gasteiger partial charge on any atom is -0.508 e. The third kappa shape index (κ3) is 1.97. The van der Waals surface area contributed by atoms with E-state index in [9.17, 15) is 9.90 Å². The number of rotatable bonds is 4. The molecule has 1 unspecified atom stereocenters. The number of carbonyl (C=O) groups is 1. The Balaban J connectivity index is 2.03. The number of carboxylic acids is 1. The van der Waals surface area contributed by atoms with Crippen LogP contribution >= 0.6 is 0 Å².